The van der Waals surface area contributed by atoms with E-state index < -0.39 is 20.2 Å². The minimum Gasteiger partial charge on any atom is -0.350 e. The molecule has 0 fully saturated rings. The molecule has 18 nitrogen and oxygen atoms in total. The van der Waals surface area contributed by atoms with Gasteiger partial charge in [0.05, 0.1) is 14.2 Å². The molecule has 0 aliphatic heterocycles. The van der Waals surface area contributed by atoms with Crippen molar-refractivity contribution >= 4 is 90.8 Å². The monoisotopic (exact) mass is 948 g/mol. The Hall–Kier alpha value is -8.30. The first kappa shape index (κ1) is 46.2. The molecule has 20 heteroatoms. The highest BCUT2D eigenvalue weighted by Gasteiger charge is 2.21. The summed E-state index contributed by atoms with van der Waals surface area (Å²) in [5, 5.41) is 19.0. The summed E-state index contributed by atoms with van der Waals surface area (Å²) in [6.07, 6.45) is 2.92. The van der Waals surface area contributed by atoms with E-state index in [0.717, 1.165) is 36.7 Å². The zero-order chi connectivity index (χ0) is 47.4. The maximum absolute atomic E-state index is 13.4. The lowest BCUT2D eigenvalue weighted by molar-refractivity contribution is 0.396. The maximum atomic E-state index is 13.4. The molecule has 0 amide bonds. The van der Waals surface area contributed by atoms with Crippen LogP contribution < -0.4 is 31.9 Å². The van der Waals surface area contributed by atoms with E-state index in [0.29, 0.717) is 24.5 Å². The zero-order valence-electron chi connectivity index (χ0n) is 36.5. The average molecular weight is 949 g/mol. The summed E-state index contributed by atoms with van der Waals surface area (Å²) in [6.45, 7) is 0.861. The summed E-state index contributed by atoms with van der Waals surface area (Å²) in [7, 11) is -6.56. The van der Waals surface area contributed by atoms with Crippen molar-refractivity contribution in [3.05, 3.63) is 180 Å². The number of nitrogens with zero attached hydrogens (tertiary/aromatic N) is 6. The van der Waals surface area contributed by atoms with Crippen LogP contribution in [-0.4, -0.2) is 61.0 Å². The molecular formula is C48H44N12O6S2. The minimum atomic E-state index is -4.33. The van der Waals surface area contributed by atoms with Crippen LogP contribution in [0.4, 0.5) is 58.4 Å². The van der Waals surface area contributed by atoms with Gasteiger partial charge in [-0.05, 0) is 70.8 Å². The first-order valence-electron chi connectivity index (χ1n) is 20.9. The highest BCUT2D eigenvalue weighted by atomic mass is 32.2. The normalized spacial score (nSPS) is 11.5. The largest absolute Gasteiger partial charge is 0.350 e. The molecule has 6 aromatic carbocycles. The van der Waals surface area contributed by atoms with Crippen molar-refractivity contribution in [3.8, 4) is 0 Å². The van der Waals surface area contributed by atoms with Gasteiger partial charge < -0.3 is 31.9 Å². The Balaban J connectivity index is 1.07. The third-order valence-corrected chi connectivity index (χ3v) is 12.5. The standard InChI is InChI=1S/C48H44N12O6S2/c1-65-67(61,62)41-29-39(53-47-57-43(49-31-33-15-7-3-8-16-33)55-45(59-47)51-37-19-11-5-12-20-37)27-25-35(41)23-24-36-26-28-40(30-42(36)68(63,64)66-2)54-48-58-44(50-32-34-17-9-4-10-18-34)56-46(60-48)52-38-21-13-6-14-22-38/h3-30H,31-32H2,1-2H3,(H3,49,51,53,55,57,59)(H3,50,52,54,56,58,60). The molecule has 6 N–H and O–H groups in total. The van der Waals surface area contributed by atoms with Gasteiger partial charge >= 0.3 is 0 Å². The first-order valence-corrected chi connectivity index (χ1v) is 23.7. The molecule has 0 radical (unpaired) electrons. The van der Waals surface area contributed by atoms with Crippen LogP contribution in [0.1, 0.15) is 22.3 Å². The fourth-order valence-electron chi connectivity index (χ4n) is 6.54. The molecule has 0 spiro atoms. The van der Waals surface area contributed by atoms with E-state index in [1.54, 1.807) is 12.1 Å². The number of hydrogen-bond donors (Lipinski definition) is 6. The minimum absolute atomic E-state index is 0.113. The Kier molecular flexibility index (Phi) is 14.5. The number of hydrogen-bond acceptors (Lipinski definition) is 18. The van der Waals surface area contributed by atoms with Crippen LogP contribution in [-0.2, 0) is 41.7 Å². The smallest absolute Gasteiger partial charge is 0.297 e. The summed E-state index contributed by atoms with van der Waals surface area (Å²) in [6, 6.07) is 47.2. The Morgan fingerprint density at radius 3 is 1.04 bits per heavy atom. The number of benzene rings is 6. The number of nitrogens with one attached hydrogen (secondary N) is 6. The van der Waals surface area contributed by atoms with Crippen LogP contribution in [0.25, 0.3) is 12.2 Å². The van der Waals surface area contributed by atoms with Crippen molar-refractivity contribution in [1.82, 2.24) is 29.9 Å². The van der Waals surface area contributed by atoms with Crippen LogP contribution in [0.15, 0.2) is 168 Å². The Morgan fingerprint density at radius 2 is 0.706 bits per heavy atom. The van der Waals surface area contributed by atoms with Gasteiger partial charge in [0, 0.05) is 35.8 Å². The molecule has 0 bridgehead atoms. The van der Waals surface area contributed by atoms with Crippen molar-refractivity contribution in [2.24, 2.45) is 0 Å². The summed E-state index contributed by atoms with van der Waals surface area (Å²) in [5.74, 6) is 1.21. The molecule has 0 unspecified atom stereocenters. The topological polar surface area (TPSA) is 236 Å². The molecule has 68 heavy (non-hydrogen) atoms. The van der Waals surface area contributed by atoms with E-state index in [1.165, 1.54) is 36.4 Å². The Morgan fingerprint density at radius 1 is 0.397 bits per heavy atom. The SMILES string of the molecule is COS(=O)(=O)c1cc(Nc2nc(NCc3ccccc3)nc(Nc3ccccc3)n2)ccc1C=Cc1ccc(Nc2nc(NCc3ccccc3)nc(Nc3ccccc3)n2)cc1S(=O)(=O)OC. The lowest BCUT2D eigenvalue weighted by Gasteiger charge is -2.14. The van der Waals surface area contributed by atoms with Crippen molar-refractivity contribution in [3.63, 3.8) is 0 Å². The predicted octanol–water partition coefficient (Wildman–Crippen LogP) is 9.10. The van der Waals surface area contributed by atoms with Gasteiger partial charge in [-0.15, -0.1) is 0 Å². The molecule has 0 aliphatic carbocycles. The Labute approximate surface area is 393 Å². The van der Waals surface area contributed by atoms with Crippen LogP contribution in [0.2, 0.25) is 0 Å². The number of rotatable bonds is 20. The van der Waals surface area contributed by atoms with Crippen LogP contribution in [0.5, 0.6) is 0 Å². The summed E-state index contributed by atoms with van der Waals surface area (Å²) < 4.78 is 63.6. The fourth-order valence-corrected chi connectivity index (χ4v) is 8.29. The number of para-hydroxylation sites is 2. The maximum Gasteiger partial charge on any atom is 0.297 e. The van der Waals surface area contributed by atoms with Gasteiger partial charge in [0.1, 0.15) is 9.79 Å². The molecule has 0 aliphatic rings. The lowest BCUT2D eigenvalue weighted by atomic mass is 10.1. The van der Waals surface area contributed by atoms with E-state index in [2.05, 4.69) is 61.8 Å². The van der Waals surface area contributed by atoms with E-state index in [9.17, 15) is 16.8 Å². The van der Waals surface area contributed by atoms with Gasteiger partial charge in [-0.25, -0.2) is 0 Å². The second-order valence-corrected chi connectivity index (χ2v) is 18.0. The summed E-state index contributed by atoms with van der Waals surface area (Å²) >= 11 is 0. The molecule has 344 valence electrons. The van der Waals surface area contributed by atoms with E-state index in [4.69, 9.17) is 8.37 Å². The first-order chi connectivity index (χ1) is 33.0. The Bertz CT molecular complexity index is 3030. The molecule has 2 aromatic heterocycles. The van der Waals surface area contributed by atoms with E-state index in [-0.39, 0.29) is 56.6 Å². The molecule has 8 rings (SSSR count). The second kappa shape index (κ2) is 21.3. The summed E-state index contributed by atoms with van der Waals surface area (Å²) in [5.41, 5.74) is 4.48. The molecule has 0 atom stereocenters. The molecule has 8 aromatic rings. The van der Waals surface area contributed by atoms with Crippen molar-refractivity contribution in [1.29, 1.82) is 0 Å². The highest BCUT2D eigenvalue weighted by molar-refractivity contribution is 7.87. The van der Waals surface area contributed by atoms with Crippen molar-refractivity contribution in [2.75, 3.05) is 46.1 Å². The third kappa shape index (κ3) is 12.3. The van der Waals surface area contributed by atoms with Gasteiger partial charge in [-0.3, -0.25) is 8.37 Å². The second-order valence-electron chi connectivity index (χ2n) is 14.6. The zero-order valence-corrected chi connectivity index (χ0v) is 38.2. The molecule has 0 saturated heterocycles. The van der Waals surface area contributed by atoms with Gasteiger partial charge in [0.25, 0.3) is 20.2 Å². The average Bonchev–Trinajstić information content (AvgIpc) is 3.36. The van der Waals surface area contributed by atoms with E-state index >= 15 is 0 Å². The molecular weight excluding hydrogens is 905 g/mol. The van der Waals surface area contributed by atoms with Gasteiger partial charge in [-0.2, -0.15) is 46.7 Å². The van der Waals surface area contributed by atoms with Gasteiger partial charge in [-0.1, -0.05) is 121 Å². The number of aromatic nitrogens is 6. The van der Waals surface area contributed by atoms with Crippen LogP contribution >= 0.6 is 0 Å². The number of anilines is 10. The summed E-state index contributed by atoms with van der Waals surface area (Å²) in [4.78, 5) is 26.8. The lowest BCUT2D eigenvalue weighted by Crippen LogP contribution is -2.10. The van der Waals surface area contributed by atoms with Gasteiger partial charge in [0.15, 0.2) is 0 Å². The van der Waals surface area contributed by atoms with Crippen molar-refractivity contribution in [2.45, 2.75) is 22.9 Å². The molecule has 2 heterocycles. The fraction of sp³-hybridized carbons (Fsp3) is 0.0833. The van der Waals surface area contributed by atoms with Crippen molar-refractivity contribution < 1.29 is 25.2 Å². The third-order valence-electron chi connectivity index (χ3n) is 9.88. The predicted molar refractivity (Wildman–Crippen MR) is 263 cm³/mol. The van der Waals surface area contributed by atoms with Crippen LogP contribution in [0.3, 0.4) is 0 Å². The molecule has 0 saturated carbocycles. The quantitative estimate of drug-likeness (QED) is 0.0309. The highest BCUT2D eigenvalue weighted by Crippen LogP contribution is 2.30. The van der Waals surface area contributed by atoms with Crippen LogP contribution in [0, 0.1) is 0 Å². The van der Waals surface area contributed by atoms with E-state index in [1.807, 2.05) is 121 Å². The van der Waals surface area contributed by atoms with Gasteiger partial charge in [0.2, 0.25) is 35.7 Å².